The van der Waals surface area contributed by atoms with Crippen molar-refractivity contribution in [3.8, 4) is 0 Å². The Kier molecular flexibility index (Phi) is 18.9. The van der Waals surface area contributed by atoms with E-state index in [9.17, 15) is 32.3 Å². The maximum absolute atomic E-state index is 13.1. The second-order valence-electron chi connectivity index (χ2n) is 19.5. The summed E-state index contributed by atoms with van der Waals surface area (Å²) in [5.41, 5.74) is 7.79. The molecule has 18 heteroatoms. The zero-order chi connectivity index (χ0) is 53.4. The first-order chi connectivity index (χ1) is 36.9. The summed E-state index contributed by atoms with van der Waals surface area (Å²) in [4.78, 5) is 60.7. The number of aromatic nitrogens is 2. The summed E-state index contributed by atoms with van der Waals surface area (Å²) in [7, 11) is 0. The van der Waals surface area contributed by atoms with Crippen molar-refractivity contribution < 1.29 is 41.6 Å². The molecule has 4 N–H and O–H groups in total. The van der Waals surface area contributed by atoms with Gasteiger partial charge in [-0.3, -0.25) is 19.6 Å². The van der Waals surface area contributed by atoms with Crippen molar-refractivity contribution in [2.24, 2.45) is 28.1 Å². The van der Waals surface area contributed by atoms with Gasteiger partial charge < -0.3 is 34.0 Å². The molecular weight excluding hydrogens is 980 g/mol. The van der Waals surface area contributed by atoms with Crippen LogP contribution in [0.25, 0.3) is 22.2 Å². The Balaban J connectivity index is 0.000000145. The van der Waals surface area contributed by atoms with E-state index in [4.69, 9.17) is 18.9 Å². The van der Waals surface area contributed by atoms with E-state index in [0.29, 0.717) is 64.8 Å². The fraction of sp³-hybridized carbons (Fsp3) is 0.345. The first-order valence-corrected chi connectivity index (χ1v) is 25.7. The number of oxazole rings is 2. The normalized spacial score (nSPS) is 17.2. The van der Waals surface area contributed by atoms with Gasteiger partial charge in [0.2, 0.25) is 12.0 Å². The first kappa shape index (κ1) is 54.3. The number of piperidine rings is 3. The highest BCUT2D eigenvalue weighted by atomic mass is 19.1. The quantitative estimate of drug-likeness (QED) is 0.0446. The fourth-order valence-electron chi connectivity index (χ4n) is 9.91. The maximum atomic E-state index is 13.1. The van der Waals surface area contributed by atoms with E-state index < -0.39 is 17.6 Å². The van der Waals surface area contributed by atoms with Crippen LogP contribution in [-0.2, 0) is 33.7 Å². The van der Waals surface area contributed by atoms with Crippen LogP contribution in [0.5, 0.6) is 0 Å². The summed E-state index contributed by atoms with van der Waals surface area (Å²) in [5.74, 6) is 0.271. The van der Waals surface area contributed by atoms with Gasteiger partial charge in [-0.2, -0.15) is 0 Å². The highest BCUT2D eigenvalue weighted by molar-refractivity contribution is 6.05. The number of carbonyl (C=O) groups excluding carboxylic acids is 2. The molecule has 0 saturated carbocycles. The van der Waals surface area contributed by atoms with Gasteiger partial charge in [0.25, 0.3) is 5.91 Å². The van der Waals surface area contributed by atoms with Gasteiger partial charge >= 0.3 is 11.5 Å². The molecule has 1 atom stereocenters. The highest BCUT2D eigenvalue weighted by Crippen LogP contribution is 2.27. The van der Waals surface area contributed by atoms with Crippen molar-refractivity contribution in [2.75, 3.05) is 39.3 Å². The van der Waals surface area contributed by atoms with Gasteiger partial charge in [0.05, 0.1) is 23.0 Å². The van der Waals surface area contributed by atoms with E-state index in [2.05, 4.69) is 32.2 Å². The molecule has 7 aromatic rings. The standard InChI is InChI=1S/C23H22FN3O4.C15H18FNO.C12H16FN.C8H6N2O3/c24-17-4-1-14(2-5-17)11-15-7-9-27(10-8-15)22(28)21-13-19(26-31-21)16-3-6-18-20(12-16)30-23(29)25-18;1-2-15(18)17-9-7-13(8-10-17)11-12-3-5-14(16)6-4-12;13-12-3-1-10(2-4-12)9-11-5-7-14-8-6-11;11-8-10-6-2-1-5(4-9-12)3-7(6)13-8/h1-6,12,15,21H,7-11,13H2,(H,25,29);2-6,13H,1,7-11H2;1-4,11,14H,5-9H2;1-4,12H,(H,10,11)/b;;;9-4+. The molecule has 4 aliphatic heterocycles. The third kappa shape index (κ3) is 15.5. The van der Waals surface area contributed by atoms with Crippen molar-refractivity contribution in [1.82, 2.24) is 25.1 Å². The average Bonchev–Trinajstić information content (AvgIpc) is 4.19. The minimum atomic E-state index is -0.627. The number of nitrogens with zero attached hydrogens (tertiary/aromatic N) is 4. The lowest BCUT2D eigenvalue weighted by Crippen LogP contribution is -2.44. The van der Waals surface area contributed by atoms with Gasteiger partial charge in [-0.25, -0.2) is 22.8 Å². The molecule has 0 radical (unpaired) electrons. The van der Waals surface area contributed by atoms with Gasteiger partial charge in [0, 0.05) is 38.2 Å². The lowest BCUT2D eigenvalue weighted by atomic mass is 9.90. The second kappa shape index (κ2) is 26.5. The molecule has 0 aliphatic carbocycles. The van der Waals surface area contributed by atoms with Crippen LogP contribution in [-0.4, -0.2) is 94.1 Å². The molecular formula is C58H62F3N7O8. The Hall–Kier alpha value is -7.99. The van der Waals surface area contributed by atoms with Crippen molar-refractivity contribution >= 4 is 45.9 Å². The molecule has 3 saturated heterocycles. The van der Waals surface area contributed by atoms with E-state index in [1.54, 1.807) is 42.5 Å². The third-order valence-corrected chi connectivity index (χ3v) is 14.1. The molecule has 0 bridgehead atoms. The lowest BCUT2D eigenvalue weighted by Gasteiger charge is -2.33. The predicted molar refractivity (Wildman–Crippen MR) is 284 cm³/mol. The zero-order valence-corrected chi connectivity index (χ0v) is 42.1. The Morgan fingerprint density at radius 1 is 0.645 bits per heavy atom. The van der Waals surface area contributed by atoms with Gasteiger partial charge in [-0.15, -0.1) is 0 Å². The molecule has 398 valence electrons. The minimum absolute atomic E-state index is 0.0234. The number of amides is 2. The van der Waals surface area contributed by atoms with E-state index in [0.717, 1.165) is 88.2 Å². The Morgan fingerprint density at radius 3 is 1.59 bits per heavy atom. The number of carbonyl (C=O) groups is 2. The number of fused-ring (bicyclic) bond motifs is 2. The summed E-state index contributed by atoms with van der Waals surface area (Å²) in [6, 6.07) is 30.5. The molecule has 2 aromatic heterocycles. The number of H-pyrrole nitrogens is 2. The van der Waals surface area contributed by atoms with Crippen molar-refractivity contribution in [1.29, 1.82) is 0 Å². The number of benzene rings is 5. The smallest absolute Gasteiger partial charge is 0.411 e. The SMILES string of the molecule is C=CC(=O)N1CCC(Cc2ccc(F)cc2)CC1.Fc1ccc(CC2CCNCC2)cc1.O=C(C1CC(c2ccc3[nH]c(=O)oc3c2)=NO1)N1CCC(Cc2ccc(F)cc2)CC1.O=c1[nH]c2ccc(/C=N/O)cc2o1. The number of likely N-dealkylation sites (tertiary alicyclic amines) is 2. The molecule has 3 fully saturated rings. The van der Waals surface area contributed by atoms with E-state index in [1.807, 2.05) is 52.3 Å². The minimum Gasteiger partial charge on any atom is -0.411 e. The van der Waals surface area contributed by atoms with E-state index in [-0.39, 0.29) is 29.3 Å². The Morgan fingerprint density at radius 2 is 1.11 bits per heavy atom. The van der Waals surface area contributed by atoms with Gasteiger partial charge in [-0.05, 0) is 178 Å². The van der Waals surface area contributed by atoms with Crippen LogP contribution < -0.4 is 16.8 Å². The highest BCUT2D eigenvalue weighted by Gasteiger charge is 2.34. The van der Waals surface area contributed by atoms with Gasteiger partial charge in [0.15, 0.2) is 11.2 Å². The summed E-state index contributed by atoms with van der Waals surface area (Å²) in [6.07, 6.45) is 11.7. The predicted octanol–water partition coefficient (Wildman–Crippen LogP) is 9.32. The Bertz CT molecular complexity index is 3200. The van der Waals surface area contributed by atoms with Crippen LogP contribution in [0.3, 0.4) is 0 Å². The molecule has 5 aromatic carbocycles. The molecule has 1 unspecified atom stereocenters. The summed E-state index contributed by atoms with van der Waals surface area (Å²) >= 11 is 0. The number of halogens is 3. The van der Waals surface area contributed by atoms with E-state index in [1.165, 1.54) is 60.5 Å². The van der Waals surface area contributed by atoms with Crippen molar-refractivity contribution in [3.05, 3.63) is 188 Å². The molecule has 15 nitrogen and oxygen atoms in total. The van der Waals surface area contributed by atoms with Crippen molar-refractivity contribution in [3.63, 3.8) is 0 Å². The van der Waals surface area contributed by atoms with Crippen LogP contribution in [0.2, 0.25) is 0 Å². The third-order valence-electron chi connectivity index (χ3n) is 14.1. The maximum Gasteiger partial charge on any atom is 0.417 e. The molecule has 2 amide bonds. The van der Waals surface area contributed by atoms with E-state index >= 15 is 0 Å². The zero-order valence-electron chi connectivity index (χ0n) is 42.1. The number of nitrogens with one attached hydrogen (secondary N) is 3. The summed E-state index contributed by atoms with van der Waals surface area (Å²) in [6.45, 7) is 8.73. The molecule has 6 heterocycles. The summed E-state index contributed by atoms with van der Waals surface area (Å²) in [5, 5.41) is 18.6. The van der Waals surface area contributed by atoms with Crippen LogP contribution in [0.4, 0.5) is 13.2 Å². The van der Waals surface area contributed by atoms with Crippen LogP contribution in [0.1, 0.15) is 72.8 Å². The molecule has 11 rings (SSSR count). The average molecular weight is 1040 g/mol. The number of aromatic amines is 2. The molecule has 4 aliphatic rings. The Labute approximate surface area is 437 Å². The van der Waals surface area contributed by atoms with Crippen LogP contribution in [0, 0.1) is 35.2 Å². The number of hydrogen-bond acceptors (Lipinski definition) is 11. The number of hydrogen-bond donors (Lipinski definition) is 4. The number of oxime groups is 2. The van der Waals surface area contributed by atoms with Gasteiger partial charge in [-0.1, -0.05) is 65.4 Å². The monoisotopic (exact) mass is 1040 g/mol. The second-order valence-corrected chi connectivity index (χ2v) is 19.5. The topological polar surface area (TPSA) is 199 Å². The molecule has 0 spiro atoms. The van der Waals surface area contributed by atoms with Crippen LogP contribution >= 0.6 is 0 Å². The fourth-order valence-corrected chi connectivity index (χ4v) is 9.91. The van der Waals surface area contributed by atoms with Crippen LogP contribution in [0.15, 0.2) is 151 Å². The number of rotatable bonds is 10. The summed E-state index contributed by atoms with van der Waals surface area (Å²) < 4.78 is 48.4. The largest absolute Gasteiger partial charge is 0.417 e. The van der Waals surface area contributed by atoms with Crippen molar-refractivity contribution in [2.45, 2.75) is 70.3 Å². The first-order valence-electron chi connectivity index (χ1n) is 25.7. The molecule has 76 heavy (non-hydrogen) atoms. The van der Waals surface area contributed by atoms with Gasteiger partial charge in [0.1, 0.15) is 17.5 Å². The lowest BCUT2D eigenvalue weighted by molar-refractivity contribution is -0.143.